The van der Waals surface area contributed by atoms with E-state index in [1.807, 2.05) is 19.9 Å². The van der Waals surface area contributed by atoms with Crippen molar-refractivity contribution in [1.82, 2.24) is 0 Å². The molecule has 0 fully saturated rings. The Balaban J connectivity index is 2.73. The highest BCUT2D eigenvalue weighted by atomic mass is 35.5. The van der Waals surface area contributed by atoms with E-state index in [-0.39, 0.29) is 6.10 Å². The number of benzene rings is 1. The van der Waals surface area contributed by atoms with E-state index >= 15 is 0 Å². The third-order valence-corrected chi connectivity index (χ3v) is 2.97. The van der Waals surface area contributed by atoms with E-state index < -0.39 is 0 Å². The largest absolute Gasteiger partial charge is 0.391 e. The third-order valence-electron chi connectivity index (χ3n) is 2.25. The Morgan fingerprint density at radius 2 is 2.00 bits per heavy atom. The lowest BCUT2D eigenvalue weighted by Gasteiger charge is -2.13. The molecule has 0 aliphatic rings. The van der Waals surface area contributed by atoms with E-state index in [0.29, 0.717) is 23.0 Å². The Bertz CT molecular complexity index is 342. The molecule has 0 radical (unpaired) electrons. The highest BCUT2D eigenvalue weighted by molar-refractivity contribution is 6.35. The summed E-state index contributed by atoms with van der Waals surface area (Å²) in [4.78, 5) is 0. The quantitative estimate of drug-likeness (QED) is 0.854. The van der Waals surface area contributed by atoms with E-state index in [9.17, 15) is 5.11 Å². The van der Waals surface area contributed by atoms with Crippen LogP contribution in [0.4, 0.5) is 5.69 Å². The number of halogens is 2. The van der Waals surface area contributed by atoms with Gasteiger partial charge in [0.05, 0.1) is 16.8 Å². The average molecular weight is 248 g/mol. The fourth-order valence-electron chi connectivity index (χ4n) is 1.15. The SMILES string of the molecule is CCC(O)CNc1cc(Cl)c(C)cc1Cl. The summed E-state index contributed by atoms with van der Waals surface area (Å²) < 4.78 is 0. The van der Waals surface area contributed by atoms with Crippen LogP contribution in [0.1, 0.15) is 18.9 Å². The zero-order chi connectivity index (χ0) is 11.4. The first-order valence-corrected chi connectivity index (χ1v) is 5.67. The summed E-state index contributed by atoms with van der Waals surface area (Å²) in [5.74, 6) is 0. The first kappa shape index (κ1) is 12.6. The number of rotatable bonds is 4. The summed E-state index contributed by atoms with van der Waals surface area (Å²) in [6.45, 7) is 4.31. The third kappa shape index (κ3) is 3.56. The summed E-state index contributed by atoms with van der Waals surface area (Å²) >= 11 is 12.0. The maximum atomic E-state index is 9.40. The number of nitrogens with one attached hydrogen (secondary N) is 1. The van der Waals surface area contributed by atoms with E-state index in [2.05, 4.69) is 5.32 Å². The fourth-order valence-corrected chi connectivity index (χ4v) is 1.60. The lowest BCUT2D eigenvalue weighted by molar-refractivity contribution is 0.183. The van der Waals surface area contributed by atoms with Crippen LogP contribution in [0.2, 0.25) is 10.0 Å². The molecule has 1 aromatic carbocycles. The predicted octanol–water partition coefficient (Wildman–Crippen LogP) is 3.48. The minimum absolute atomic E-state index is 0.360. The normalized spacial score (nSPS) is 12.6. The van der Waals surface area contributed by atoms with Gasteiger partial charge in [-0.05, 0) is 31.0 Å². The second kappa shape index (κ2) is 5.59. The van der Waals surface area contributed by atoms with Crippen LogP contribution in [0.5, 0.6) is 0 Å². The number of aryl methyl sites for hydroxylation is 1. The Labute approximate surface area is 100 Å². The highest BCUT2D eigenvalue weighted by Gasteiger charge is 2.06. The van der Waals surface area contributed by atoms with Crippen LogP contribution in [0.15, 0.2) is 12.1 Å². The molecular weight excluding hydrogens is 233 g/mol. The molecule has 0 bridgehead atoms. The van der Waals surface area contributed by atoms with Crippen LogP contribution >= 0.6 is 23.2 Å². The second-order valence-electron chi connectivity index (χ2n) is 3.52. The molecule has 1 atom stereocenters. The molecule has 84 valence electrons. The van der Waals surface area contributed by atoms with Crippen molar-refractivity contribution in [3.63, 3.8) is 0 Å². The summed E-state index contributed by atoms with van der Waals surface area (Å²) in [5, 5.41) is 13.8. The lowest BCUT2D eigenvalue weighted by atomic mass is 10.2. The second-order valence-corrected chi connectivity index (χ2v) is 4.34. The van der Waals surface area contributed by atoms with Crippen molar-refractivity contribution in [2.75, 3.05) is 11.9 Å². The smallest absolute Gasteiger partial charge is 0.0709 e. The first-order chi connectivity index (χ1) is 7.04. The zero-order valence-corrected chi connectivity index (χ0v) is 10.4. The maximum absolute atomic E-state index is 9.40. The van der Waals surface area contributed by atoms with Crippen LogP contribution < -0.4 is 5.32 Å². The van der Waals surface area contributed by atoms with Gasteiger partial charge >= 0.3 is 0 Å². The van der Waals surface area contributed by atoms with Gasteiger partial charge in [-0.3, -0.25) is 0 Å². The number of aliphatic hydroxyl groups is 1. The van der Waals surface area contributed by atoms with Crippen molar-refractivity contribution in [1.29, 1.82) is 0 Å². The van der Waals surface area contributed by atoms with Crippen LogP contribution in [-0.2, 0) is 0 Å². The van der Waals surface area contributed by atoms with Crippen molar-refractivity contribution in [3.05, 3.63) is 27.7 Å². The van der Waals surface area contributed by atoms with Crippen LogP contribution in [0, 0.1) is 6.92 Å². The molecule has 0 aliphatic heterocycles. The fraction of sp³-hybridized carbons (Fsp3) is 0.455. The van der Waals surface area contributed by atoms with Gasteiger partial charge in [0.15, 0.2) is 0 Å². The molecule has 0 aromatic heterocycles. The van der Waals surface area contributed by atoms with Gasteiger partial charge in [-0.1, -0.05) is 30.1 Å². The van der Waals surface area contributed by atoms with Crippen molar-refractivity contribution in [2.24, 2.45) is 0 Å². The van der Waals surface area contributed by atoms with Gasteiger partial charge in [0.2, 0.25) is 0 Å². The topological polar surface area (TPSA) is 32.3 Å². The first-order valence-electron chi connectivity index (χ1n) is 4.92. The number of anilines is 1. The number of hydrogen-bond donors (Lipinski definition) is 2. The molecular formula is C11H15Cl2NO. The molecule has 15 heavy (non-hydrogen) atoms. The van der Waals surface area contributed by atoms with Gasteiger partial charge in [0, 0.05) is 11.6 Å². The van der Waals surface area contributed by atoms with Crippen LogP contribution in [0.3, 0.4) is 0 Å². The van der Waals surface area contributed by atoms with Crippen molar-refractivity contribution in [2.45, 2.75) is 26.4 Å². The van der Waals surface area contributed by atoms with Gasteiger partial charge in [-0.15, -0.1) is 0 Å². The Morgan fingerprint density at radius 3 is 2.60 bits per heavy atom. The molecule has 4 heteroatoms. The summed E-state index contributed by atoms with van der Waals surface area (Å²) in [6, 6.07) is 3.59. The Kier molecular flexibility index (Phi) is 4.71. The number of hydrogen-bond acceptors (Lipinski definition) is 2. The molecule has 1 rings (SSSR count). The minimum atomic E-state index is -0.360. The number of aliphatic hydroxyl groups excluding tert-OH is 1. The molecule has 0 saturated heterocycles. The molecule has 0 spiro atoms. The van der Waals surface area contributed by atoms with Gasteiger partial charge in [0.25, 0.3) is 0 Å². The summed E-state index contributed by atoms with van der Waals surface area (Å²) in [7, 11) is 0. The maximum Gasteiger partial charge on any atom is 0.0709 e. The molecule has 2 N–H and O–H groups in total. The standard InChI is InChI=1S/C11H15Cl2NO/c1-3-8(15)6-14-11-5-9(12)7(2)4-10(11)13/h4-5,8,14-15H,3,6H2,1-2H3. The lowest BCUT2D eigenvalue weighted by Crippen LogP contribution is -2.18. The Morgan fingerprint density at radius 1 is 1.33 bits per heavy atom. The van der Waals surface area contributed by atoms with Gasteiger partial charge in [-0.25, -0.2) is 0 Å². The molecule has 0 amide bonds. The van der Waals surface area contributed by atoms with Gasteiger partial charge < -0.3 is 10.4 Å². The monoisotopic (exact) mass is 247 g/mol. The zero-order valence-electron chi connectivity index (χ0n) is 8.85. The summed E-state index contributed by atoms with van der Waals surface area (Å²) in [5.41, 5.74) is 1.71. The molecule has 0 saturated carbocycles. The van der Waals surface area contributed by atoms with Crippen molar-refractivity contribution < 1.29 is 5.11 Å². The van der Waals surface area contributed by atoms with Gasteiger partial charge in [0.1, 0.15) is 0 Å². The van der Waals surface area contributed by atoms with Crippen LogP contribution in [-0.4, -0.2) is 17.8 Å². The molecule has 2 nitrogen and oxygen atoms in total. The van der Waals surface area contributed by atoms with Crippen LogP contribution in [0.25, 0.3) is 0 Å². The predicted molar refractivity (Wildman–Crippen MR) is 66.0 cm³/mol. The molecule has 0 heterocycles. The Hall–Kier alpha value is -0.440. The van der Waals surface area contributed by atoms with Gasteiger partial charge in [-0.2, -0.15) is 0 Å². The molecule has 0 aliphatic carbocycles. The minimum Gasteiger partial charge on any atom is -0.391 e. The van der Waals surface area contributed by atoms with E-state index in [0.717, 1.165) is 11.3 Å². The highest BCUT2D eigenvalue weighted by Crippen LogP contribution is 2.28. The molecule has 1 aromatic rings. The van der Waals surface area contributed by atoms with E-state index in [1.54, 1.807) is 6.07 Å². The average Bonchev–Trinajstić information content (AvgIpc) is 2.21. The summed E-state index contributed by atoms with van der Waals surface area (Å²) in [6.07, 6.45) is 0.352. The molecule has 1 unspecified atom stereocenters. The van der Waals surface area contributed by atoms with E-state index in [1.165, 1.54) is 0 Å². The van der Waals surface area contributed by atoms with Crippen molar-refractivity contribution in [3.8, 4) is 0 Å². The van der Waals surface area contributed by atoms with Crippen molar-refractivity contribution >= 4 is 28.9 Å². The van der Waals surface area contributed by atoms with E-state index in [4.69, 9.17) is 23.2 Å².